The minimum Gasteiger partial charge on any atom is -0.497 e. The van der Waals surface area contributed by atoms with E-state index in [1.807, 2.05) is 0 Å². The summed E-state index contributed by atoms with van der Waals surface area (Å²) in [5.41, 5.74) is 0.292. The number of halogens is 2. The summed E-state index contributed by atoms with van der Waals surface area (Å²) in [5.74, 6) is 1.21. The van der Waals surface area contributed by atoms with Crippen molar-refractivity contribution in [2.75, 3.05) is 37.4 Å². The molecule has 0 bridgehead atoms. The molecule has 0 aliphatic carbocycles. The number of anilines is 1. The molecule has 10 heteroatoms. The van der Waals surface area contributed by atoms with E-state index in [2.05, 4.69) is 5.32 Å². The van der Waals surface area contributed by atoms with Crippen molar-refractivity contribution in [1.29, 1.82) is 0 Å². The summed E-state index contributed by atoms with van der Waals surface area (Å²) in [4.78, 5) is 12.0. The van der Waals surface area contributed by atoms with E-state index in [0.717, 1.165) is 16.3 Å². The first-order chi connectivity index (χ1) is 14.2. The molecule has 0 unspecified atom stereocenters. The molecule has 0 saturated heterocycles. The number of hydrogen-bond acceptors (Lipinski definition) is 5. The maximum Gasteiger partial charge on any atom is 0.232 e. The van der Waals surface area contributed by atoms with E-state index in [0.29, 0.717) is 36.0 Å². The number of amides is 1. The van der Waals surface area contributed by atoms with Crippen LogP contribution in [0.15, 0.2) is 42.5 Å². The topological polar surface area (TPSA) is 84.9 Å². The lowest BCUT2D eigenvalue weighted by Gasteiger charge is -2.23. The maximum absolute atomic E-state index is 12.2. The second-order valence-corrected chi connectivity index (χ2v) is 9.16. The van der Waals surface area contributed by atoms with Gasteiger partial charge < -0.3 is 14.8 Å². The Kier molecular flexibility index (Phi) is 9.08. The Hall–Kier alpha value is -2.16. The first-order valence-corrected chi connectivity index (χ1v) is 11.8. The summed E-state index contributed by atoms with van der Waals surface area (Å²) in [5, 5.41) is 3.39. The molecule has 7 nitrogen and oxygen atoms in total. The first-order valence-electron chi connectivity index (χ1n) is 9.17. The highest BCUT2D eigenvalue weighted by Crippen LogP contribution is 2.30. The van der Waals surface area contributed by atoms with Gasteiger partial charge in [-0.15, -0.1) is 0 Å². The number of nitrogens with one attached hydrogen (secondary N) is 1. The lowest BCUT2D eigenvalue weighted by Crippen LogP contribution is -2.33. The van der Waals surface area contributed by atoms with Gasteiger partial charge in [-0.1, -0.05) is 23.2 Å². The molecule has 0 aromatic heterocycles. The minimum absolute atomic E-state index is 0.106. The van der Waals surface area contributed by atoms with E-state index >= 15 is 0 Å². The van der Waals surface area contributed by atoms with Gasteiger partial charge in [0.2, 0.25) is 15.9 Å². The van der Waals surface area contributed by atoms with Crippen LogP contribution < -0.4 is 19.1 Å². The van der Waals surface area contributed by atoms with E-state index in [4.69, 9.17) is 32.7 Å². The molecule has 164 valence electrons. The third kappa shape index (κ3) is 7.59. The Morgan fingerprint density at radius 2 is 1.77 bits per heavy atom. The van der Waals surface area contributed by atoms with Gasteiger partial charge in [-0.05, 0) is 48.9 Å². The average molecular weight is 475 g/mol. The number of benzene rings is 2. The quantitative estimate of drug-likeness (QED) is 0.501. The van der Waals surface area contributed by atoms with Gasteiger partial charge in [0.15, 0.2) is 0 Å². The van der Waals surface area contributed by atoms with Crippen LogP contribution in [0.1, 0.15) is 12.8 Å². The third-order valence-electron chi connectivity index (χ3n) is 4.09. The first kappa shape index (κ1) is 24.1. The van der Waals surface area contributed by atoms with Crippen molar-refractivity contribution in [3.8, 4) is 11.5 Å². The second-order valence-electron chi connectivity index (χ2n) is 6.41. The van der Waals surface area contributed by atoms with Crippen LogP contribution in [0.5, 0.6) is 11.5 Å². The standard InChI is InChI=1S/C20H24Cl2N2O5S/c1-28-16-6-8-17(9-7-16)29-13-11-23-20(25)4-3-12-24(30(2,26)27)19-14-15(21)5-10-18(19)22/h5-10,14H,3-4,11-13H2,1-2H3,(H,23,25). The second kappa shape index (κ2) is 11.3. The summed E-state index contributed by atoms with van der Waals surface area (Å²) in [7, 11) is -1.99. The zero-order valence-corrected chi connectivity index (χ0v) is 19.1. The molecule has 1 amide bonds. The number of sulfonamides is 1. The summed E-state index contributed by atoms with van der Waals surface area (Å²) >= 11 is 12.1. The number of methoxy groups -OCH3 is 1. The maximum atomic E-state index is 12.2. The fourth-order valence-corrected chi connectivity index (χ4v) is 4.05. The largest absolute Gasteiger partial charge is 0.497 e. The van der Waals surface area contributed by atoms with Crippen molar-refractivity contribution in [2.45, 2.75) is 12.8 Å². The van der Waals surface area contributed by atoms with Crippen molar-refractivity contribution < 1.29 is 22.7 Å². The van der Waals surface area contributed by atoms with Gasteiger partial charge in [-0.25, -0.2) is 8.42 Å². The molecule has 0 radical (unpaired) electrons. The molecule has 2 rings (SSSR count). The minimum atomic E-state index is -3.58. The molecule has 0 aliphatic heterocycles. The van der Waals surface area contributed by atoms with Gasteiger partial charge >= 0.3 is 0 Å². The van der Waals surface area contributed by atoms with Gasteiger partial charge in [0.25, 0.3) is 0 Å². The van der Waals surface area contributed by atoms with Crippen LogP contribution in [0.3, 0.4) is 0 Å². The Balaban J connectivity index is 1.78. The van der Waals surface area contributed by atoms with Crippen LogP contribution in [0, 0.1) is 0 Å². The summed E-state index contributed by atoms with van der Waals surface area (Å²) in [6.07, 6.45) is 1.56. The number of ether oxygens (including phenoxy) is 2. The Morgan fingerprint density at radius 3 is 2.40 bits per heavy atom. The van der Waals surface area contributed by atoms with Crippen LogP contribution in [0.4, 0.5) is 5.69 Å². The molecule has 0 atom stereocenters. The van der Waals surface area contributed by atoms with E-state index < -0.39 is 10.0 Å². The average Bonchev–Trinajstić information content (AvgIpc) is 2.70. The predicted octanol–water partition coefficient (Wildman–Crippen LogP) is 3.74. The molecule has 30 heavy (non-hydrogen) atoms. The Labute approximate surface area is 186 Å². The number of nitrogens with zero attached hydrogens (tertiary/aromatic N) is 1. The third-order valence-corrected chi connectivity index (χ3v) is 5.83. The molecule has 2 aromatic carbocycles. The van der Waals surface area contributed by atoms with Crippen molar-refractivity contribution in [3.63, 3.8) is 0 Å². The molecule has 2 aromatic rings. The van der Waals surface area contributed by atoms with Crippen molar-refractivity contribution in [1.82, 2.24) is 5.32 Å². The van der Waals surface area contributed by atoms with Gasteiger partial charge in [0.05, 0.1) is 30.6 Å². The van der Waals surface area contributed by atoms with Gasteiger partial charge in [-0.2, -0.15) is 0 Å². The zero-order chi connectivity index (χ0) is 22.1. The monoisotopic (exact) mass is 474 g/mol. The molecular weight excluding hydrogens is 451 g/mol. The van der Waals surface area contributed by atoms with Crippen LogP contribution in [-0.2, 0) is 14.8 Å². The SMILES string of the molecule is COc1ccc(OCCNC(=O)CCCN(c2cc(Cl)ccc2Cl)S(C)(=O)=O)cc1. The fourth-order valence-electron chi connectivity index (χ4n) is 2.64. The van der Waals surface area contributed by atoms with E-state index in [-0.39, 0.29) is 23.9 Å². The molecule has 0 fully saturated rings. The summed E-state index contributed by atoms with van der Waals surface area (Å²) in [6.45, 7) is 0.751. The summed E-state index contributed by atoms with van der Waals surface area (Å²) < 4.78 is 36.1. The number of carbonyl (C=O) groups is 1. The molecule has 0 heterocycles. The normalized spacial score (nSPS) is 11.1. The van der Waals surface area contributed by atoms with Crippen molar-refractivity contribution in [2.24, 2.45) is 0 Å². The van der Waals surface area contributed by atoms with E-state index in [1.165, 1.54) is 12.1 Å². The highest BCUT2D eigenvalue weighted by molar-refractivity contribution is 7.92. The van der Waals surface area contributed by atoms with Gasteiger partial charge in [0.1, 0.15) is 18.1 Å². The zero-order valence-electron chi connectivity index (χ0n) is 16.7. The van der Waals surface area contributed by atoms with Crippen molar-refractivity contribution >= 4 is 44.8 Å². The fraction of sp³-hybridized carbons (Fsp3) is 0.350. The van der Waals surface area contributed by atoms with Crippen LogP contribution in [0.25, 0.3) is 0 Å². The van der Waals surface area contributed by atoms with Crippen molar-refractivity contribution in [3.05, 3.63) is 52.5 Å². The van der Waals surface area contributed by atoms with Crippen LogP contribution in [0.2, 0.25) is 10.0 Å². The van der Waals surface area contributed by atoms with Gasteiger partial charge in [0, 0.05) is 18.0 Å². The molecule has 1 N–H and O–H groups in total. The number of carbonyl (C=O) groups excluding carboxylic acids is 1. The highest BCUT2D eigenvalue weighted by atomic mass is 35.5. The van der Waals surface area contributed by atoms with Crippen LogP contribution in [-0.4, -0.2) is 47.4 Å². The highest BCUT2D eigenvalue weighted by Gasteiger charge is 2.20. The lowest BCUT2D eigenvalue weighted by molar-refractivity contribution is -0.121. The smallest absolute Gasteiger partial charge is 0.232 e. The Bertz CT molecular complexity index is 952. The predicted molar refractivity (Wildman–Crippen MR) is 119 cm³/mol. The Morgan fingerprint density at radius 1 is 1.10 bits per heavy atom. The van der Waals surface area contributed by atoms with E-state index in [1.54, 1.807) is 37.4 Å². The van der Waals surface area contributed by atoms with E-state index in [9.17, 15) is 13.2 Å². The van der Waals surface area contributed by atoms with Gasteiger partial charge in [-0.3, -0.25) is 9.10 Å². The number of hydrogen-bond donors (Lipinski definition) is 1. The molecular formula is C20H24Cl2N2O5S. The molecule has 0 spiro atoms. The lowest BCUT2D eigenvalue weighted by atomic mass is 10.2. The van der Waals surface area contributed by atoms with Crippen LogP contribution >= 0.6 is 23.2 Å². The molecule has 0 aliphatic rings. The summed E-state index contributed by atoms with van der Waals surface area (Å²) in [6, 6.07) is 11.7. The molecule has 0 saturated carbocycles. The number of rotatable bonds is 11.